The van der Waals surface area contributed by atoms with Crippen molar-refractivity contribution in [3.05, 3.63) is 11.6 Å². The zero-order chi connectivity index (χ0) is 15.7. The van der Waals surface area contributed by atoms with Gasteiger partial charge in [0, 0.05) is 30.3 Å². The molecule has 2 nitrogen and oxygen atoms in total. The summed E-state index contributed by atoms with van der Waals surface area (Å²) in [7, 11) is 0. The van der Waals surface area contributed by atoms with Gasteiger partial charge in [-0.05, 0) is 55.4 Å². The van der Waals surface area contributed by atoms with E-state index in [0.717, 1.165) is 19.3 Å². The van der Waals surface area contributed by atoms with E-state index in [9.17, 15) is 18.4 Å². The molecule has 5 atom stereocenters. The van der Waals surface area contributed by atoms with E-state index in [2.05, 4.69) is 0 Å². The van der Waals surface area contributed by atoms with E-state index in [1.54, 1.807) is 0 Å². The van der Waals surface area contributed by atoms with E-state index in [-0.39, 0.29) is 52.6 Å². The number of ketones is 2. The van der Waals surface area contributed by atoms with Crippen LogP contribution in [0.15, 0.2) is 11.6 Å². The number of halogens is 2. The lowest BCUT2D eigenvalue weighted by Crippen LogP contribution is -2.51. The van der Waals surface area contributed by atoms with Gasteiger partial charge in [-0.2, -0.15) is 0 Å². The molecular formula is C18H22F2O2. The molecule has 4 heteroatoms. The lowest BCUT2D eigenvalue weighted by Gasteiger charge is -2.53. The van der Waals surface area contributed by atoms with Crippen molar-refractivity contribution in [1.82, 2.24) is 0 Å². The highest BCUT2D eigenvalue weighted by Gasteiger charge is 2.61. The topological polar surface area (TPSA) is 34.1 Å². The standard InChI is InChI=1S/C18H22F2O2/c1-17-7-6-11-12-3-2-10(21)8-15(12)18(19,20)9-13(11)14(17)4-5-16(17)22/h8,11-14H,2-7,9H2,1H3/t11-,12-,13-,14+,17+/m1/s1. The van der Waals surface area contributed by atoms with Crippen molar-refractivity contribution in [2.45, 2.75) is 57.8 Å². The zero-order valence-corrected chi connectivity index (χ0v) is 12.9. The number of fused-ring (bicyclic) bond motifs is 5. The number of hydrogen-bond donors (Lipinski definition) is 0. The van der Waals surface area contributed by atoms with E-state index in [0.29, 0.717) is 19.3 Å². The molecule has 0 aromatic carbocycles. The lowest BCUT2D eigenvalue weighted by molar-refractivity contribution is -0.136. The number of allylic oxidation sites excluding steroid dienone is 1. The maximum absolute atomic E-state index is 14.7. The summed E-state index contributed by atoms with van der Waals surface area (Å²) in [6.45, 7) is 2.00. The summed E-state index contributed by atoms with van der Waals surface area (Å²) in [5.74, 6) is -2.60. The number of hydrogen-bond acceptors (Lipinski definition) is 2. The molecule has 0 heterocycles. The van der Waals surface area contributed by atoms with Crippen LogP contribution < -0.4 is 0 Å². The zero-order valence-electron chi connectivity index (χ0n) is 12.9. The first-order valence-corrected chi connectivity index (χ1v) is 8.49. The molecule has 120 valence electrons. The van der Waals surface area contributed by atoms with Crippen molar-refractivity contribution >= 4 is 11.6 Å². The minimum absolute atomic E-state index is 0.0597. The Morgan fingerprint density at radius 1 is 1.09 bits per heavy atom. The van der Waals surface area contributed by atoms with Crippen molar-refractivity contribution in [2.75, 3.05) is 0 Å². The Balaban J connectivity index is 1.73. The summed E-state index contributed by atoms with van der Waals surface area (Å²) in [4.78, 5) is 23.8. The van der Waals surface area contributed by atoms with Crippen LogP contribution in [0.3, 0.4) is 0 Å². The molecule has 0 aromatic rings. The Bertz CT molecular complexity index is 580. The molecule has 4 rings (SSSR count). The van der Waals surface area contributed by atoms with Crippen LogP contribution in [0.25, 0.3) is 0 Å². The van der Waals surface area contributed by atoms with Gasteiger partial charge in [0.05, 0.1) is 0 Å². The van der Waals surface area contributed by atoms with Gasteiger partial charge in [-0.3, -0.25) is 9.59 Å². The number of carbonyl (C=O) groups is 2. The van der Waals surface area contributed by atoms with E-state index in [4.69, 9.17) is 0 Å². The quantitative estimate of drug-likeness (QED) is 0.679. The van der Waals surface area contributed by atoms with Crippen molar-refractivity contribution < 1.29 is 18.4 Å². The highest BCUT2D eigenvalue weighted by molar-refractivity contribution is 5.91. The van der Waals surface area contributed by atoms with Crippen LogP contribution >= 0.6 is 0 Å². The molecule has 0 unspecified atom stereocenters. The van der Waals surface area contributed by atoms with Gasteiger partial charge in [0.1, 0.15) is 5.78 Å². The number of alkyl halides is 2. The maximum Gasteiger partial charge on any atom is 0.270 e. The van der Waals surface area contributed by atoms with Crippen LogP contribution in [-0.2, 0) is 9.59 Å². The minimum Gasteiger partial charge on any atom is -0.299 e. The third kappa shape index (κ3) is 1.82. The van der Waals surface area contributed by atoms with Crippen molar-refractivity contribution in [3.8, 4) is 0 Å². The van der Waals surface area contributed by atoms with Gasteiger partial charge in [-0.15, -0.1) is 0 Å². The van der Waals surface area contributed by atoms with Crippen molar-refractivity contribution in [3.63, 3.8) is 0 Å². The van der Waals surface area contributed by atoms with E-state index < -0.39 is 5.92 Å². The Labute approximate surface area is 129 Å². The van der Waals surface area contributed by atoms with Crippen LogP contribution in [0.2, 0.25) is 0 Å². The SMILES string of the molecule is C[C@]12CC[C@H]3[C@@H](CC(F)(F)C4=CC(=O)CC[C@@H]43)[C@@H]1CCC2=O. The summed E-state index contributed by atoms with van der Waals surface area (Å²) >= 11 is 0. The third-order valence-electron chi connectivity index (χ3n) is 7.05. The molecule has 3 fully saturated rings. The first-order valence-electron chi connectivity index (χ1n) is 8.49. The molecule has 0 radical (unpaired) electrons. The van der Waals surface area contributed by atoms with Crippen molar-refractivity contribution in [2.24, 2.45) is 29.1 Å². The predicted octanol–water partition coefficient (Wildman–Crippen LogP) is 3.94. The number of Topliss-reactive ketones (excluding diaryl/α,β-unsaturated/α-hetero) is 1. The van der Waals surface area contributed by atoms with Gasteiger partial charge in [-0.1, -0.05) is 6.92 Å². The monoisotopic (exact) mass is 308 g/mol. The van der Waals surface area contributed by atoms with Crippen LogP contribution in [0.1, 0.15) is 51.9 Å². The van der Waals surface area contributed by atoms with Crippen LogP contribution in [0.4, 0.5) is 8.78 Å². The molecule has 22 heavy (non-hydrogen) atoms. The average molecular weight is 308 g/mol. The summed E-state index contributed by atoms with van der Waals surface area (Å²) in [5, 5.41) is 0. The second-order valence-electron chi connectivity index (χ2n) is 7.97. The van der Waals surface area contributed by atoms with Gasteiger partial charge in [0.25, 0.3) is 5.92 Å². The van der Waals surface area contributed by atoms with Gasteiger partial charge in [0.15, 0.2) is 5.78 Å². The number of rotatable bonds is 0. The third-order valence-corrected chi connectivity index (χ3v) is 7.05. The highest BCUT2D eigenvalue weighted by Crippen LogP contribution is 2.63. The normalized spacial score (nSPS) is 46.6. The van der Waals surface area contributed by atoms with Gasteiger partial charge in [-0.25, -0.2) is 8.78 Å². The number of carbonyl (C=O) groups excluding carboxylic acids is 2. The molecule has 0 amide bonds. The summed E-state index contributed by atoms with van der Waals surface area (Å²) in [5.41, 5.74) is -0.277. The minimum atomic E-state index is -2.87. The molecule has 4 aliphatic rings. The molecule has 0 spiro atoms. The maximum atomic E-state index is 14.7. The Kier molecular flexibility index (Phi) is 2.96. The Morgan fingerprint density at radius 3 is 2.64 bits per heavy atom. The van der Waals surface area contributed by atoms with E-state index in [1.165, 1.54) is 6.08 Å². The van der Waals surface area contributed by atoms with Gasteiger partial charge in [0.2, 0.25) is 0 Å². The second kappa shape index (κ2) is 4.48. The molecule has 0 aromatic heterocycles. The molecule has 0 bridgehead atoms. The first kappa shape index (κ1) is 14.5. The largest absolute Gasteiger partial charge is 0.299 e. The fraction of sp³-hybridized carbons (Fsp3) is 0.778. The molecule has 3 saturated carbocycles. The second-order valence-corrected chi connectivity index (χ2v) is 7.97. The first-order chi connectivity index (χ1) is 10.3. The summed E-state index contributed by atoms with van der Waals surface area (Å²) in [6, 6.07) is 0. The fourth-order valence-corrected chi connectivity index (χ4v) is 5.92. The van der Waals surface area contributed by atoms with Gasteiger partial charge < -0.3 is 0 Å². The van der Waals surface area contributed by atoms with E-state index in [1.807, 2.05) is 6.92 Å². The summed E-state index contributed by atoms with van der Waals surface area (Å²) < 4.78 is 29.3. The molecule has 0 saturated heterocycles. The Hall–Kier alpha value is -1.06. The van der Waals surface area contributed by atoms with E-state index >= 15 is 0 Å². The van der Waals surface area contributed by atoms with Gasteiger partial charge >= 0.3 is 0 Å². The summed E-state index contributed by atoms with van der Waals surface area (Å²) in [6.07, 6.45) is 5.06. The highest BCUT2D eigenvalue weighted by atomic mass is 19.3. The Morgan fingerprint density at radius 2 is 1.86 bits per heavy atom. The molecule has 4 aliphatic carbocycles. The average Bonchev–Trinajstić information content (AvgIpc) is 2.75. The molecular weight excluding hydrogens is 286 g/mol. The molecule has 0 N–H and O–H groups in total. The van der Waals surface area contributed by atoms with Crippen LogP contribution in [0, 0.1) is 29.1 Å². The smallest absolute Gasteiger partial charge is 0.270 e. The van der Waals surface area contributed by atoms with Crippen molar-refractivity contribution in [1.29, 1.82) is 0 Å². The lowest BCUT2D eigenvalue weighted by atomic mass is 9.51. The van der Waals surface area contributed by atoms with Crippen LogP contribution in [0.5, 0.6) is 0 Å². The fourth-order valence-electron chi connectivity index (χ4n) is 5.92. The predicted molar refractivity (Wildman–Crippen MR) is 77.4 cm³/mol. The van der Waals surface area contributed by atoms with Crippen LogP contribution in [-0.4, -0.2) is 17.5 Å². The molecule has 0 aliphatic heterocycles.